The lowest BCUT2D eigenvalue weighted by Gasteiger charge is -2.32. The Labute approximate surface area is 149 Å². The van der Waals surface area contributed by atoms with E-state index in [0.29, 0.717) is 5.92 Å². The number of carboxylic acids is 1. The topological polar surface area (TPSA) is 71.2 Å². The summed E-state index contributed by atoms with van der Waals surface area (Å²) < 4.78 is 2.50. The van der Waals surface area contributed by atoms with E-state index in [0.717, 1.165) is 36.2 Å². The van der Waals surface area contributed by atoms with Crippen molar-refractivity contribution in [2.45, 2.75) is 31.7 Å². The normalized spacial score (nSPS) is 16.4. The molecule has 1 saturated heterocycles. The molecule has 1 aromatic carbocycles. The van der Waals surface area contributed by atoms with Gasteiger partial charge in [0.05, 0.1) is 5.69 Å². The summed E-state index contributed by atoms with van der Waals surface area (Å²) in [6.45, 7) is 2.98. The van der Waals surface area contributed by atoms with Gasteiger partial charge in [-0.25, -0.2) is 4.68 Å². The van der Waals surface area contributed by atoms with Gasteiger partial charge in [0.25, 0.3) is 0 Å². The molecule has 2 aromatic rings. The summed E-state index contributed by atoms with van der Waals surface area (Å²) in [4.78, 5) is 13.1. The highest BCUT2D eigenvalue weighted by molar-refractivity contribution is 9.10. The zero-order valence-corrected chi connectivity index (χ0v) is 15.0. The second kappa shape index (κ2) is 7.90. The van der Waals surface area contributed by atoms with Crippen LogP contribution in [0.4, 0.5) is 0 Å². The van der Waals surface area contributed by atoms with Gasteiger partial charge < -0.3 is 10.0 Å². The van der Waals surface area contributed by atoms with E-state index in [1.165, 1.54) is 23.1 Å². The first-order valence-electron chi connectivity index (χ1n) is 8.19. The number of halogens is 1. The number of aromatic nitrogens is 3. The highest BCUT2D eigenvalue weighted by Crippen LogP contribution is 2.28. The van der Waals surface area contributed by atoms with Crippen molar-refractivity contribution in [1.82, 2.24) is 19.9 Å². The van der Waals surface area contributed by atoms with Gasteiger partial charge >= 0.3 is 5.97 Å². The molecule has 0 unspecified atom stereocenters. The molecular formula is C17H21BrN4O2. The molecule has 6 nitrogen and oxygen atoms in total. The van der Waals surface area contributed by atoms with E-state index in [1.807, 2.05) is 0 Å². The standard InChI is InChI=1S/C17H21BrN4O2/c18-15-3-1-13(2-4-15)14-5-8-21(9-6-14)10-7-16-11-22(20-19-16)12-17(23)24/h1-4,11,14H,5-10,12H2,(H,23,24). The number of carboxylic acid groups (broad SMARTS) is 1. The summed E-state index contributed by atoms with van der Waals surface area (Å²) in [6, 6.07) is 8.65. The van der Waals surface area contributed by atoms with Crippen molar-refractivity contribution in [3.63, 3.8) is 0 Å². The predicted molar refractivity (Wildman–Crippen MR) is 93.9 cm³/mol. The SMILES string of the molecule is O=C(O)Cn1cc(CCN2CCC(c3ccc(Br)cc3)CC2)nn1. The van der Waals surface area contributed by atoms with E-state index in [1.54, 1.807) is 6.20 Å². The number of hydrogen-bond donors (Lipinski definition) is 1. The number of aliphatic carboxylic acids is 1. The minimum absolute atomic E-state index is 0.133. The first-order valence-corrected chi connectivity index (χ1v) is 8.98. The maximum absolute atomic E-state index is 10.7. The average Bonchev–Trinajstić information content (AvgIpc) is 3.01. The van der Waals surface area contributed by atoms with Crippen LogP contribution < -0.4 is 0 Å². The molecule has 0 spiro atoms. The first-order chi connectivity index (χ1) is 11.6. The van der Waals surface area contributed by atoms with Gasteiger partial charge in [-0.3, -0.25) is 4.79 Å². The summed E-state index contributed by atoms with van der Waals surface area (Å²) in [5.74, 6) is -0.257. The van der Waals surface area contributed by atoms with Gasteiger partial charge in [0.2, 0.25) is 0 Å². The fourth-order valence-electron chi connectivity index (χ4n) is 3.17. The molecule has 7 heteroatoms. The summed E-state index contributed by atoms with van der Waals surface area (Å²) in [5.41, 5.74) is 2.28. The van der Waals surface area contributed by atoms with Gasteiger partial charge in [-0.2, -0.15) is 0 Å². The Morgan fingerprint density at radius 1 is 1.25 bits per heavy atom. The minimum Gasteiger partial charge on any atom is -0.480 e. The fraction of sp³-hybridized carbons (Fsp3) is 0.471. The largest absolute Gasteiger partial charge is 0.480 e. The number of hydrogen-bond acceptors (Lipinski definition) is 4. The molecule has 0 radical (unpaired) electrons. The predicted octanol–water partition coefficient (Wildman–Crippen LogP) is 2.55. The summed E-state index contributed by atoms with van der Waals surface area (Å²) in [7, 11) is 0. The van der Waals surface area contributed by atoms with Gasteiger partial charge in [0.1, 0.15) is 6.54 Å². The monoisotopic (exact) mass is 392 g/mol. The van der Waals surface area contributed by atoms with Crippen LogP contribution in [0.2, 0.25) is 0 Å². The second-order valence-corrected chi connectivity index (χ2v) is 7.13. The van der Waals surface area contributed by atoms with Crippen LogP contribution in [0.5, 0.6) is 0 Å². The summed E-state index contributed by atoms with van der Waals surface area (Å²) in [6.07, 6.45) is 4.88. The average molecular weight is 393 g/mol. The molecule has 0 aliphatic carbocycles. The van der Waals surface area contributed by atoms with Gasteiger partial charge in [-0.1, -0.05) is 33.3 Å². The van der Waals surface area contributed by atoms with Crippen molar-refractivity contribution >= 4 is 21.9 Å². The quantitative estimate of drug-likeness (QED) is 0.817. The van der Waals surface area contributed by atoms with Crippen LogP contribution in [-0.4, -0.2) is 50.6 Å². The van der Waals surface area contributed by atoms with Crippen molar-refractivity contribution in [1.29, 1.82) is 0 Å². The van der Waals surface area contributed by atoms with Crippen LogP contribution in [-0.2, 0) is 17.8 Å². The van der Waals surface area contributed by atoms with Gasteiger partial charge in [0.15, 0.2) is 0 Å². The Hall–Kier alpha value is -1.73. The molecule has 1 aliphatic rings. The van der Waals surface area contributed by atoms with Crippen LogP contribution in [0.3, 0.4) is 0 Å². The molecule has 1 aromatic heterocycles. The van der Waals surface area contributed by atoms with Crippen LogP contribution in [0.15, 0.2) is 34.9 Å². The highest BCUT2D eigenvalue weighted by Gasteiger charge is 2.20. The summed E-state index contributed by atoms with van der Waals surface area (Å²) in [5, 5.41) is 16.6. The highest BCUT2D eigenvalue weighted by atomic mass is 79.9. The number of nitrogens with zero attached hydrogens (tertiary/aromatic N) is 4. The molecule has 1 N–H and O–H groups in total. The lowest BCUT2D eigenvalue weighted by atomic mass is 9.89. The molecule has 128 valence electrons. The molecular weight excluding hydrogens is 372 g/mol. The third-order valence-electron chi connectivity index (χ3n) is 4.50. The number of rotatable bonds is 6. The molecule has 0 saturated carbocycles. The van der Waals surface area contributed by atoms with Crippen molar-refractivity contribution in [2.75, 3.05) is 19.6 Å². The lowest BCUT2D eigenvalue weighted by Crippen LogP contribution is -2.34. The molecule has 0 amide bonds. The zero-order chi connectivity index (χ0) is 16.9. The minimum atomic E-state index is -0.901. The van der Waals surface area contributed by atoms with E-state index < -0.39 is 5.97 Å². The lowest BCUT2D eigenvalue weighted by molar-refractivity contribution is -0.137. The Bertz CT molecular complexity index is 678. The molecule has 24 heavy (non-hydrogen) atoms. The number of piperidine rings is 1. The van der Waals surface area contributed by atoms with E-state index in [2.05, 4.69) is 55.4 Å². The third-order valence-corrected chi connectivity index (χ3v) is 5.03. The van der Waals surface area contributed by atoms with E-state index in [9.17, 15) is 4.79 Å². The van der Waals surface area contributed by atoms with Gasteiger partial charge in [0, 0.05) is 23.6 Å². The first kappa shape index (κ1) is 17.1. The fourth-order valence-corrected chi connectivity index (χ4v) is 3.43. The van der Waals surface area contributed by atoms with Crippen LogP contribution >= 0.6 is 15.9 Å². The van der Waals surface area contributed by atoms with Gasteiger partial charge in [-0.15, -0.1) is 5.10 Å². The molecule has 2 heterocycles. The Morgan fingerprint density at radius 2 is 1.96 bits per heavy atom. The maximum Gasteiger partial charge on any atom is 0.325 e. The van der Waals surface area contributed by atoms with E-state index in [-0.39, 0.29) is 6.54 Å². The number of carbonyl (C=O) groups is 1. The van der Waals surface area contributed by atoms with Crippen LogP contribution in [0.1, 0.15) is 30.0 Å². The second-order valence-electron chi connectivity index (χ2n) is 6.22. The van der Waals surface area contributed by atoms with Gasteiger partial charge in [-0.05, 0) is 49.5 Å². The Morgan fingerprint density at radius 3 is 2.62 bits per heavy atom. The molecule has 0 bridgehead atoms. The molecule has 1 fully saturated rings. The number of likely N-dealkylation sites (tertiary alicyclic amines) is 1. The van der Waals surface area contributed by atoms with Crippen LogP contribution in [0.25, 0.3) is 0 Å². The van der Waals surface area contributed by atoms with Crippen LogP contribution in [0, 0.1) is 0 Å². The molecule has 0 atom stereocenters. The zero-order valence-electron chi connectivity index (χ0n) is 13.4. The Balaban J connectivity index is 1.44. The Kier molecular flexibility index (Phi) is 5.63. The number of benzene rings is 1. The molecule has 1 aliphatic heterocycles. The van der Waals surface area contributed by atoms with Crippen molar-refractivity contribution < 1.29 is 9.90 Å². The van der Waals surface area contributed by atoms with Crippen molar-refractivity contribution in [3.8, 4) is 0 Å². The van der Waals surface area contributed by atoms with E-state index in [4.69, 9.17) is 5.11 Å². The maximum atomic E-state index is 10.7. The third kappa shape index (κ3) is 4.64. The molecule has 3 rings (SSSR count). The summed E-state index contributed by atoms with van der Waals surface area (Å²) >= 11 is 3.48. The smallest absolute Gasteiger partial charge is 0.325 e. The van der Waals surface area contributed by atoms with Crippen molar-refractivity contribution in [3.05, 3.63) is 46.2 Å². The van der Waals surface area contributed by atoms with E-state index >= 15 is 0 Å². The van der Waals surface area contributed by atoms with Crippen molar-refractivity contribution in [2.24, 2.45) is 0 Å².